The highest BCUT2D eigenvalue weighted by Crippen LogP contribution is 2.27. The van der Waals surface area contributed by atoms with Gasteiger partial charge in [0.25, 0.3) is 0 Å². The third-order valence-electron chi connectivity index (χ3n) is 2.32. The summed E-state index contributed by atoms with van der Waals surface area (Å²) >= 11 is 0. The summed E-state index contributed by atoms with van der Waals surface area (Å²) in [6.07, 6.45) is 3.42. The van der Waals surface area contributed by atoms with E-state index in [1.807, 2.05) is 13.8 Å². The third kappa shape index (κ3) is 2.00. The summed E-state index contributed by atoms with van der Waals surface area (Å²) in [5, 5.41) is 0. The van der Waals surface area contributed by atoms with Crippen molar-refractivity contribution in [2.75, 3.05) is 0 Å². The van der Waals surface area contributed by atoms with Gasteiger partial charge >= 0.3 is 0 Å². The smallest absolute Gasteiger partial charge is 0.00855 e. The predicted molar refractivity (Wildman–Crippen MR) is 59.9 cm³/mol. The van der Waals surface area contributed by atoms with Crippen LogP contribution in [0.5, 0.6) is 0 Å². The minimum atomic E-state index is 1.13. The second-order valence-corrected chi connectivity index (χ2v) is 3.25. The SMILES string of the molecule is CC.CC1=CCc2ccc(C)cc21. The van der Waals surface area contributed by atoms with Crippen molar-refractivity contribution in [3.05, 3.63) is 41.0 Å². The molecule has 0 spiro atoms. The Morgan fingerprint density at radius 3 is 2.46 bits per heavy atom. The maximum atomic E-state index is 2.30. The van der Waals surface area contributed by atoms with Crippen molar-refractivity contribution < 1.29 is 0 Å². The van der Waals surface area contributed by atoms with Crippen LogP contribution in [-0.4, -0.2) is 0 Å². The van der Waals surface area contributed by atoms with Gasteiger partial charge < -0.3 is 0 Å². The van der Waals surface area contributed by atoms with Gasteiger partial charge in [0.15, 0.2) is 0 Å². The van der Waals surface area contributed by atoms with Gasteiger partial charge in [-0.25, -0.2) is 0 Å². The fourth-order valence-corrected chi connectivity index (χ4v) is 1.61. The summed E-state index contributed by atoms with van der Waals surface area (Å²) in [6, 6.07) is 6.69. The number of fused-ring (bicyclic) bond motifs is 1. The van der Waals surface area contributed by atoms with Gasteiger partial charge in [0.2, 0.25) is 0 Å². The number of hydrogen-bond acceptors (Lipinski definition) is 0. The quantitative estimate of drug-likeness (QED) is 0.558. The van der Waals surface area contributed by atoms with Gasteiger partial charge in [-0.2, -0.15) is 0 Å². The van der Waals surface area contributed by atoms with Crippen LogP contribution in [0, 0.1) is 6.92 Å². The summed E-state index contributed by atoms with van der Waals surface area (Å²) in [4.78, 5) is 0. The summed E-state index contributed by atoms with van der Waals surface area (Å²) in [6.45, 7) is 8.33. The highest BCUT2D eigenvalue weighted by atomic mass is 14.1. The van der Waals surface area contributed by atoms with E-state index in [0.29, 0.717) is 0 Å². The van der Waals surface area contributed by atoms with Crippen LogP contribution in [0.1, 0.15) is 37.5 Å². The molecule has 0 atom stereocenters. The zero-order valence-corrected chi connectivity index (χ0v) is 9.02. The fraction of sp³-hybridized carbons (Fsp3) is 0.385. The van der Waals surface area contributed by atoms with Crippen LogP contribution in [0.4, 0.5) is 0 Å². The molecule has 1 aliphatic rings. The van der Waals surface area contributed by atoms with E-state index in [4.69, 9.17) is 0 Å². The van der Waals surface area contributed by atoms with Crippen LogP contribution in [0.3, 0.4) is 0 Å². The van der Waals surface area contributed by atoms with Crippen molar-refractivity contribution in [1.82, 2.24) is 0 Å². The first-order chi connectivity index (χ1) is 6.27. The van der Waals surface area contributed by atoms with Crippen LogP contribution in [0.15, 0.2) is 24.3 Å². The van der Waals surface area contributed by atoms with E-state index in [1.54, 1.807) is 0 Å². The second kappa shape index (κ2) is 4.27. The molecule has 1 aromatic carbocycles. The Balaban J connectivity index is 0.000000396. The largest absolute Gasteiger partial charge is 0.0766 e. The highest BCUT2D eigenvalue weighted by Gasteiger charge is 2.08. The van der Waals surface area contributed by atoms with Gasteiger partial charge in [0.05, 0.1) is 0 Å². The Kier molecular flexibility index (Phi) is 3.30. The molecule has 2 rings (SSSR count). The van der Waals surface area contributed by atoms with Crippen molar-refractivity contribution in [3.8, 4) is 0 Å². The molecule has 0 heterocycles. The lowest BCUT2D eigenvalue weighted by Crippen LogP contribution is -1.83. The van der Waals surface area contributed by atoms with Gasteiger partial charge in [-0.3, -0.25) is 0 Å². The molecular weight excluding hydrogens is 156 g/mol. The van der Waals surface area contributed by atoms with Crippen LogP contribution < -0.4 is 0 Å². The average molecular weight is 174 g/mol. The molecule has 1 aromatic rings. The molecule has 0 N–H and O–H groups in total. The Bertz CT molecular complexity index is 319. The molecule has 0 saturated heterocycles. The second-order valence-electron chi connectivity index (χ2n) is 3.25. The summed E-state index contributed by atoms with van der Waals surface area (Å²) in [5.41, 5.74) is 5.72. The Labute approximate surface area is 81.3 Å². The molecule has 0 saturated carbocycles. The van der Waals surface area contributed by atoms with Crippen LogP contribution in [0.25, 0.3) is 5.57 Å². The molecule has 1 aliphatic carbocycles. The molecular formula is C13H18. The lowest BCUT2D eigenvalue weighted by molar-refractivity contribution is 1.29. The first-order valence-electron chi connectivity index (χ1n) is 5.04. The molecule has 0 aromatic heterocycles. The molecule has 0 nitrogen and oxygen atoms in total. The monoisotopic (exact) mass is 174 g/mol. The van der Waals surface area contributed by atoms with Crippen molar-refractivity contribution in [3.63, 3.8) is 0 Å². The number of rotatable bonds is 0. The van der Waals surface area contributed by atoms with E-state index in [2.05, 4.69) is 38.1 Å². The summed E-state index contributed by atoms with van der Waals surface area (Å²) in [7, 11) is 0. The molecule has 0 aliphatic heterocycles. The minimum absolute atomic E-state index is 1.13. The van der Waals surface area contributed by atoms with Gasteiger partial charge in [0, 0.05) is 0 Å². The maximum Gasteiger partial charge on any atom is -0.00855 e. The van der Waals surface area contributed by atoms with Crippen molar-refractivity contribution in [2.45, 2.75) is 34.1 Å². The Morgan fingerprint density at radius 1 is 1.08 bits per heavy atom. The predicted octanol–water partition coefficient (Wildman–Crippen LogP) is 3.98. The lowest BCUT2D eigenvalue weighted by atomic mass is 10.0. The molecule has 13 heavy (non-hydrogen) atoms. The zero-order chi connectivity index (χ0) is 9.84. The molecule has 0 amide bonds. The zero-order valence-electron chi connectivity index (χ0n) is 9.02. The average Bonchev–Trinajstić information content (AvgIpc) is 2.52. The van der Waals surface area contributed by atoms with E-state index in [1.165, 1.54) is 22.3 Å². The van der Waals surface area contributed by atoms with Gasteiger partial charge in [-0.1, -0.05) is 43.7 Å². The van der Waals surface area contributed by atoms with Crippen LogP contribution in [0.2, 0.25) is 0 Å². The molecule has 0 radical (unpaired) electrons. The Morgan fingerprint density at radius 2 is 1.77 bits per heavy atom. The van der Waals surface area contributed by atoms with E-state index >= 15 is 0 Å². The first-order valence-corrected chi connectivity index (χ1v) is 5.04. The molecule has 70 valence electrons. The highest BCUT2D eigenvalue weighted by molar-refractivity contribution is 5.71. The van der Waals surface area contributed by atoms with E-state index in [0.717, 1.165) is 6.42 Å². The first kappa shape index (κ1) is 10.0. The van der Waals surface area contributed by atoms with Crippen molar-refractivity contribution in [2.24, 2.45) is 0 Å². The van der Waals surface area contributed by atoms with Gasteiger partial charge in [-0.15, -0.1) is 0 Å². The molecule has 0 heteroatoms. The van der Waals surface area contributed by atoms with Crippen molar-refractivity contribution >= 4 is 5.57 Å². The van der Waals surface area contributed by atoms with E-state index < -0.39 is 0 Å². The van der Waals surface area contributed by atoms with E-state index in [9.17, 15) is 0 Å². The van der Waals surface area contributed by atoms with Gasteiger partial charge in [0.1, 0.15) is 0 Å². The maximum absolute atomic E-state index is 2.30. The van der Waals surface area contributed by atoms with Crippen LogP contribution >= 0.6 is 0 Å². The summed E-state index contributed by atoms with van der Waals surface area (Å²) in [5.74, 6) is 0. The van der Waals surface area contributed by atoms with Crippen molar-refractivity contribution in [1.29, 1.82) is 0 Å². The minimum Gasteiger partial charge on any atom is -0.0766 e. The van der Waals surface area contributed by atoms with E-state index in [-0.39, 0.29) is 0 Å². The molecule has 0 unspecified atom stereocenters. The fourth-order valence-electron chi connectivity index (χ4n) is 1.61. The Hall–Kier alpha value is -1.04. The standard InChI is InChI=1S/C11H12.C2H6/c1-8-3-5-10-6-4-9(2)11(10)7-8;1-2/h3-5,7H,6H2,1-2H3;1-2H3. The number of hydrogen-bond donors (Lipinski definition) is 0. The summed E-state index contributed by atoms with van der Waals surface area (Å²) < 4.78 is 0. The normalized spacial score (nSPS) is 12.8. The lowest BCUT2D eigenvalue weighted by Gasteiger charge is -2.01. The van der Waals surface area contributed by atoms with Gasteiger partial charge in [-0.05, 0) is 37.0 Å². The number of aryl methyl sites for hydroxylation is 1. The van der Waals surface area contributed by atoms with Crippen LogP contribution in [-0.2, 0) is 6.42 Å². The number of allylic oxidation sites excluding steroid dienone is 2. The number of benzene rings is 1. The topological polar surface area (TPSA) is 0 Å². The molecule has 0 bridgehead atoms. The molecule has 0 fully saturated rings. The third-order valence-corrected chi connectivity index (χ3v) is 2.32.